The molecule has 0 aliphatic rings. The van der Waals surface area contributed by atoms with E-state index in [0.717, 1.165) is 12.1 Å². The van der Waals surface area contributed by atoms with Crippen molar-refractivity contribution >= 4 is 34.0 Å². The third kappa shape index (κ3) is 7.68. The number of hydrogen-bond donors (Lipinski definition) is 7. The second-order valence-electron chi connectivity index (χ2n) is 4.94. The Bertz CT molecular complexity index is 839. The lowest BCUT2D eigenvalue weighted by Gasteiger charge is -2.18. The topological polar surface area (TPSA) is 244 Å². The van der Waals surface area contributed by atoms with E-state index in [1.165, 1.54) is 0 Å². The highest BCUT2D eigenvalue weighted by molar-refractivity contribution is 7.85. The SMILES string of the molecule is O=C(O)CC(O)(CC(=O)O)C(=O)O.O=C(O)c1cc(S(=O)(=O)O)ccc1O. The van der Waals surface area contributed by atoms with Gasteiger partial charge in [-0.25, -0.2) is 9.59 Å². The lowest BCUT2D eigenvalue weighted by atomic mass is 9.96. The molecule has 0 amide bonds. The minimum absolute atomic E-state index is 0.565. The lowest BCUT2D eigenvalue weighted by molar-refractivity contribution is -0.170. The Morgan fingerprint density at radius 2 is 1.37 bits per heavy atom. The molecule has 1 aromatic carbocycles. The molecule has 14 heteroatoms. The molecule has 0 atom stereocenters. The number of rotatable bonds is 7. The van der Waals surface area contributed by atoms with Crippen molar-refractivity contribution in [1.82, 2.24) is 0 Å². The first-order valence-electron chi connectivity index (χ1n) is 6.53. The number of aliphatic carboxylic acids is 3. The van der Waals surface area contributed by atoms with Gasteiger partial charge in [-0.1, -0.05) is 0 Å². The van der Waals surface area contributed by atoms with E-state index in [9.17, 15) is 27.6 Å². The maximum absolute atomic E-state index is 10.6. The zero-order valence-corrected chi connectivity index (χ0v) is 14.0. The van der Waals surface area contributed by atoms with Crippen LogP contribution in [0.4, 0.5) is 0 Å². The number of aliphatic hydroxyl groups is 1. The van der Waals surface area contributed by atoms with E-state index in [1.807, 2.05) is 0 Å². The molecule has 1 aromatic rings. The summed E-state index contributed by atoms with van der Waals surface area (Å²) in [4.78, 5) is 40.4. The Morgan fingerprint density at radius 1 is 0.926 bits per heavy atom. The number of carbonyl (C=O) groups is 4. The van der Waals surface area contributed by atoms with Crippen LogP contribution in [0.3, 0.4) is 0 Å². The maximum Gasteiger partial charge on any atom is 0.339 e. The summed E-state index contributed by atoms with van der Waals surface area (Å²) in [7, 11) is -4.45. The molecule has 0 aliphatic carbocycles. The van der Waals surface area contributed by atoms with E-state index in [4.69, 9.17) is 35.2 Å². The van der Waals surface area contributed by atoms with Crippen LogP contribution < -0.4 is 0 Å². The normalized spacial score (nSPS) is 11.0. The summed E-state index contributed by atoms with van der Waals surface area (Å²) in [6.45, 7) is 0. The molecule has 0 bridgehead atoms. The van der Waals surface area contributed by atoms with Gasteiger partial charge in [0, 0.05) is 0 Å². The van der Waals surface area contributed by atoms with E-state index < -0.39 is 68.6 Å². The van der Waals surface area contributed by atoms with Gasteiger partial charge in [0.2, 0.25) is 0 Å². The number of carboxylic acids is 4. The third-order valence-corrected chi connectivity index (χ3v) is 3.63. The number of aromatic carboxylic acids is 1. The molecule has 0 saturated heterocycles. The Kier molecular flexibility index (Phi) is 7.86. The van der Waals surface area contributed by atoms with Crippen molar-refractivity contribution in [2.45, 2.75) is 23.3 Å². The van der Waals surface area contributed by atoms with Crippen LogP contribution in [0.5, 0.6) is 5.75 Å². The predicted molar refractivity (Wildman–Crippen MR) is 82.0 cm³/mol. The van der Waals surface area contributed by atoms with E-state index >= 15 is 0 Å². The van der Waals surface area contributed by atoms with Crippen LogP contribution in [-0.4, -0.2) is 73.1 Å². The highest BCUT2D eigenvalue weighted by Gasteiger charge is 2.40. The quantitative estimate of drug-likeness (QED) is 0.269. The first kappa shape index (κ1) is 23.8. The standard InChI is InChI=1S/C7H6O6S.C6H8O7/c8-6-2-1-4(14(11,12)13)3-5(6)7(9)10;7-3(8)1-6(13,5(11)12)2-4(9)10/h1-3,8H,(H,9,10)(H,11,12,13);13H,1-2H2,(H,7,8)(H,9,10)(H,11,12). The fourth-order valence-electron chi connectivity index (χ4n) is 1.56. The van der Waals surface area contributed by atoms with Gasteiger partial charge in [0.25, 0.3) is 10.1 Å². The van der Waals surface area contributed by atoms with Crippen LogP contribution in [0.2, 0.25) is 0 Å². The van der Waals surface area contributed by atoms with Crippen LogP contribution in [0.25, 0.3) is 0 Å². The van der Waals surface area contributed by atoms with Crippen LogP contribution in [0.15, 0.2) is 23.1 Å². The molecular weight excluding hydrogens is 396 g/mol. The molecule has 0 fully saturated rings. The van der Waals surface area contributed by atoms with Gasteiger partial charge in [0.05, 0.1) is 17.7 Å². The molecule has 150 valence electrons. The number of benzene rings is 1. The smallest absolute Gasteiger partial charge is 0.339 e. The van der Waals surface area contributed by atoms with E-state index in [-0.39, 0.29) is 0 Å². The highest BCUT2D eigenvalue weighted by atomic mass is 32.2. The molecule has 0 radical (unpaired) electrons. The zero-order chi connectivity index (χ0) is 21.6. The van der Waals surface area contributed by atoms with Crippen LogP contribution in [0.1, 0.15) is 23.2 Å². The second kappa shape index (κ2) is 8.93. The summed E-state index contributed by atoms with van der Waals surface area (Å²) in [6, 6.07) is 2.46. The van der Waals surface area contributed by atoms with Gasteiger partial charge in [-0.15, -0.1) is 0 Å². The number of phenols is 1. The van der Waals surface area contributed by atoms with E-state index in [1.54, 1.807) is 0 Å². The second-order valence-corrected chi connectivity index (χ2v) is 6.36. The largest absolute Gasteiger partial charge is 0.507 e. The predicted octanol–water partition coefficient (Wildman–Crippen LogP) is -0.911. The van der Waals surface area contributed by atoms with Gasteiger partial charge in [-0.05, 0) is 18.2 Å². The van der Waals surface area contributed by atoms with Gasteiger partial charge in [0.1, 0.15) is 11.3 Å². The summed E-state index contributed by atoms with van der Waals surface area (Å²) in [5.74, 6) is -7.06. The molecule has 1 rings (SSSR count). The van der Waals surface area contributed by atoms with Crippen LogP contribution in [0, 0.1) is 0 Å². The molecule has 13 nitrogen and oxygen atoms in total. The van der Waals surface area contributed by atoms with Crippen molar-refractivity contribution in [3.05, 3.63) is 23.8 Å². The van der Waals surface area contributed by atoms with Gasteiger partial charge >= 0.3 is 23.9 Å². The Morgan fingerprint density at radius 3 is 1.67 bits per heavy atom. The van der Waals surface area contributed by atoms with Gasteiger partial charge in [-0.2, -0.15) is 8.42 Å². The molecule has 0 saturated carbocycles. The van der Waals surface area contributed by atoms with E-state index in [2.05, 4.69) is 0 Å². The molecule has 0 unspecified atom stereocenters. The summed E-state index contributed by atoms with van der Waals surface area (Å²) in [6.07, 6.45) is -2.29. The average Bonchev–Trinajstić information content (AvgIpc) is 2.44. The third-order valence-electron chi connectivity index (χ3n) is 2.78. The summed E-state index contributed by atoms with van der Waals surface area (Å²) in [5, 5.41) is 51.3. The van der Waals surface area contributed by atoms with Crippen LogP contribution in [-0.2, 0) is 24.5 Å². The van der Waals surface area contributed by atoms with Crippen molar-refractivity contribution in [1.29, 1.82) is 0 Å². The lowest BCUT2D eigenvalue weighted by Crippen LogP contribution is -2.42. The summed E-state index contributed by atoms with van der Waals surface area (Å²) >= 11 is 0. The number of aromatic hydroxyl groups is 1. The first-order chi connectivity index (χ1) is 12.1. The van der Waals surface area contributed by atoms with Crippen molar-refractivity contribution in [3.63, 3.8) is 0 Å². The fraction of sp³-hybridized carbons (Fsp3) is 0.231. The summed E-state index contributed by atoms with van der Waals surface area (Å²) in [5.41, 5.74) is -3.32. The molecule has 0 spiro atoms. The number of hydrogen-bond acceptors (Lipinski definition) is 8. The Hall–Kier alpha value is -3.23. The first-order valence-corrected chi connectivity index (χ1v) is 7.97. The van der Waals surface area contributed by atoms with Gasteiger partial charge < -0.3 is 30.6 Å². The molecular formula is C13H14O13S. The molecule has 27 heavy (non-hydrogen) atoms. The van der Waals surface area contributed by atoms with E-state index in [0.29, 0.717) is 6.07 Å². The Labute approximate surface area is 150 Å². The molecule has 0 aliphatic heterocycles. The van der Waals surface area contributed by atoms with Gasteiger partial charge in [-0.3, -0.25) is 14.1 Å². The maximum atomic E-state index is 10.6. The van der Waals surface area contributed by atoms with Crippen molar-refractivity contribution < 1.29 is 62.8 Å². The fourth-order valence-corrected chi connectivity index (χ4v) is 2.07. The summed E-state index contributed by atoms with van der Waals surface area (Å²) < 4.78 is 29.8. The number of carboxylic acid groups (broad SMARTS) is 4. The van der Waals surface area contributed by atoms with Crippen molar-refractivity contribution in [2.75, 3.05) is 0 Å². The molecule has 7 N–H and O–H groups in total. The Balaban J connectivity index is 0.000000503. The molecule has 0 heterocycles. The average molecular weight is 410 g/mol. The van der Waals surface area contributed by atoms with Crippen molar-refractivity contribution in [2.24, 2.45) is 0 Å². The zero-order valence-electron chi connectivity index (χ0n) is 13.1. The minimum Gasteiger partial charge on any atom is -0.507 e. The highest BCUT2D eigenvalue weighted by Crippen LogP contribution is 2.21. The monoisotopic (exact) mass is 410 g/mol. The minimum atomic E-state index is -4.45. The van der Waals surface area contributed by atoms with Crippen molar-refractivity contribution in [3.8, 4) is 5.75 Å². The van der Waals surface area contributed by atoms with Crippen LogP contribution >= 0.6 is 0 Å². The molecule has 0 aromatic heterocycles. The van der Waals surface area contributed by atoms with Gasteiger partial charge in [0.15, 0.2) is 5.60 Å².